The van der Waals surface area contributed by atoms with Gasteiger partial charge in [-0.1, -0.05) is 30.3 Å². The normalized spacial score (nSPS) is 21.0. The van der Waals surface area contributed by atoms with Crippen LogP contribution in [-0.4, -0.2) is 28.1 Å². The summed E-state index contributed by atoms with van der Waals surface area (Å²) in [4.78, 5) is 9.55. The van der Waals surface area contributed by atoms with Crippen LogP contribution in [0, 0.1) is 5.92 Å². The van der Waals surface area contributed by atoms with Gasteiger partial charge in [0.05, 0.1) is 23.1 Å². The highest BCUT2D eigenvalue weighted by molar-refractivity contribution is 7.98. The first kappa shape index (κ1) is 15.4. The Morgan fingerprint density at radius 3 is 2.75 bits per heavy atom. The molecule has 2 N–H and O–H groups in total. The Morgan fingerprint density at radius 2 is 2.04 bits per heavy atom. The van der Waals surface area contributed by atoms with Gasteiger partial charge in [-0.05, 0) is 24.8 Å². The van der Waals surface area contributed by atoms with E-state index in [2.05, 4.69) is 20.7 Å². The summed E-state index contributed by atoms with van der Waals surface area (Å²) in [5.74, 6) is 2.48. The lowest BCUT2D eigenvalue weighted by molar-refractivity contribution is 0.227. The van der Waals surface area contributed by atoms with Crippen molar-refractivity contribution in [2.45, 2.75) is 18.9 Å². The number of nitrogens with zero attached hydrogens (tertiary/aromatic N) is 3. The van der Waals surface area contributed by atoms with Crippen LogP contribution >= 0.6 is 12.1 Å². The fourth-order valence-electron chi connectivity index (χ4n) is 3.02. The molecular formula is C17H18FN5S. The Balaban J connectivity index is 1.60. The lowest BCUT2D eigenvalue weighted by Crippen LogP contribution is -2.37. The molecular weight excluding hydrogens is 325 g/mol. The van der Waals surface area contributed by atoms with E-state index >= 15 is 0 Å². The number of hydrogen-bond acceptors (Lipinski definition) is 6. The Kier molecular flexibility index (Phi) is 4.12. The van der Waals surface area contributed by atoms with Crippen molar-refractivity contribution in [1.29, 1.82) is 0 Å². The zero-order valence-electron chi connectivity index (χ0n) is 13.2. The minimum absolute atomic E-state index is 0.0953. The van der Waals surface area contributed by atoms with Gasteiger partial charge in [0.15, 0.2) is 5.82 Å². The second kappa shape index (κ2) is 6.41. The molecule has 0 saturated heterocycles. The van der Waals surface area contributed by atoms with Crippen molar-refractivity contribution in [3.05, 3.63) is 53.3 Å². The van der Waals surface area contributed by atoms with Gasteiger partial charge >= 0.3 is 0 Å². The van der Waals surface area contributed by atoms with E-state index in [4.69, 9.17) is 0 Å². The average molecular weight is 343 g/mol. The Labute approximate surface area is 144 Å². The lowest BCUT2D eigenvalue weighted by Gasteiger charge is -2.20. The smallest absolute Gasteiger partial charge is 0.161 e. The summed E-state index contributed by atoms with van der Waals surface area (Å²) in [7, 11) is 1.95. The maximum Gasteiger partial charge on any atom is 0.161 e. The van der Waals surface area contributed by atoms with Gasteiger partial charge < -0.3 is 10.7 Å². The van der Waals surface area contributed by atoms with Gasteiger partial charge in [0.1, 0.15) is 11.6 Å². The van der Waals surface area contributed by atoms with Crippen LogP contribution < -0.4 is 10.7 Å². The summed E-state index contributed by atoms with van der Waals surface area (Å²) in [5.41, 5.74) is 4.16. The van der Waals surface area contributed by atoms with Gasteiger partial charge in [-0.2, -0.15) is 3.89 Å². The lowest BCUT2D eigenvalue weighted by atomic mass is 10.2. The number of anilines is 1. The number of benzene rings is 1. The predicted octanol–water partition coefficient (Wildman–Crippen LogP) is 3.57. The Hall–Kier alpha value is -2.12. The number of likely N-dealkylation sites (N-methyl/N-ethyl adjacent to an activating group) is 1. The highest BCUT2D eigenvalue weighted by Gasteiger charge is 2.42. The third-order valence-corrected chi connectivity index (χ3v) is 4.92. The predicted molar refractivity (Wildman–Crippen MR) is 94.2 cm³/mol. The zero-order chi connectivity index (χ0) is 16.5. The summed E-state index contributed by atoms with van der Waals surface area (Å²) in [6.45, 7) is 0. The zero-order valence-corrected chi connectivity index (χ0v) is 14.1. The number of rotatable bonds is 5. The quantitative estimate of drug-likeness (QED) is 0.866. The number of nitrogens with one attached hydrogen (secondary N) is 2. The molecule has 1 unspecified atom stereocenters. The summed E-state index contributed by atoms with van der Waals surface area (Å²) < 4.78 is 13.5. The van der Waals surface area contributed by atoms with Gasteiger partial charge in [0.2, 0.25) is 0 Å². The van der Waals surface area contributed by atoms with Gasteiger partial charge in [0.25, 0.3) is 0 Å². The topological polar surface area (TPSA) is 53.1 Å². The van der Waals surface area contributed by atoms with Crippen LogP contribution in [0.5, 0.6) is 0 Å². The molecule has 1 aliphatic carbocycles. The van der Waals surface area contributed by atoms with E-state index in [-0.39, 0.29) is 6.04 Å². The molecule has 24 heavy (non-hydrogen) atoms. The largest absolute Gasteiger partial charge is 0.325 e. The Morgan fingerprint density at radius 1 is 1.25 bits per heavy atom. The molecule has 0 bridgehead atoms. The summed E-state index contributed by atoms with van der Waals surface area (Å²) in [5, 5.41) is 5.18. The van der Waals surface area contributed by atoms with Gasteiger partial charge in [-0.25, -0.2) is 15.0 Å². The standard InChI is InChI=1S/C17H18FN5S/c1-23-14(11-7-8-11)15(24-18)17(22-23)21-13-9-10-19-16(20-13)12-5-3-2-4-6-12/h2-6,9-11,14,22H,7-8H2,1H3,(H,19,20,21). The van der Waals surface area contributed by atoms with Gasteiger partial charge in [-0.15, -0.1) is 0 Å². The maximum absolute atomic E-state index is 13.5. The average Bonchev–Trinajstić information content (AvgIpc) is 3.40. The molecule has 1 saturated carbocycles. The van der Waals surface area contributed by atoms with E-state index in [0.29, 0.717) is 40.4 Å². The molecule has 5 nitrogen and oxygen atoms in total. The van der Waals surface area contributed by atoms with Crippen LogP contribution in [0.15, 0.2) is 53.3 Å². The first-order chi connectivity index (χ1) is 11.8. The SMILES string of the molecule is CN1NC(Nc2ccnc(-c3ccccc3)n2)=C(SF)C1C1CC1. The van der Waals surface area contributed by atoms with Crippen LogP contribution in [0.2, 0.25) is 0 Å². The first-order valence-electron chi connectivity index (χ1n) is 7.94. The molecule has 0 spiro atoms. The molecule has 7 heteroatoms. The third kappa shape index (κ3) is 2.97. The van der Waals surface area contributed by atoms with E-state index in [9.17, 15) is 3.89 Å². The molecule has 2 aliphatic rings. The van der Waals surface area contributed by atoms with Crippen molar-refractivity contribution < 1.29 is 3.89 Å². The summed E-state index contributed by atoms with van der Waals surface area (Å²) in [6, 6.07) is 11.7. The van der Waals surface area contributed by atoms with E-state index in [1.165, 1.54) is 0 Å². The van der Waals surface area contributed by atoms with E-state index < -0.39 is 0 Å². The van der Waals surface area contributed by atoms with Crippen LogP contribution in [0.4, 0.5) is 9.70 Å². The number of halogens is 1. The van der Waals surface area contributed by atoms with Crippen molar-refractivity contribution in [2.24, 2.45) is 5.92 Å². The fraction of sp³-hybridized carbons (Fsp3) is 0.294. The monoisotopic (exact) mass is 343 g/mol. The van der Waals surface area contributed by atoms with Gasteiger partial charge in [0, 0.05) is 18.8 Å². The highest BCUT2D eigenvalue weighted by atomic mass is 32.2. The molecule has 1 atom stereocenters. The van der Waals surface area contributed by atoms with Crippen molar-refractivity contribution in [3.8, 4) is 11.4 Å². The van der Waals surface area contributed by atoms with Crippen molar-refractivity contribution >= 4 is 18.0 Å². The van der Waals surface area contributed by atoms with Crippen molar-refractivity contribution in [1.82, 2.24) is 20.4 Å². The minimum Gasteiger partial charge on any atom is -0.325 e. The molecule has 0 amide bonds. The third-order valence-electron chi connectivity index (χ3n) is 4.31. The molecule has 2 aromatic rings. The van der Waals surface area contributed by atoms with Crippen LogP contribution in [-0.2, 0) is 0 Å². The second-order valence-corrected chi connectivity index (χ2v) is 6.67. The molecule has 124 valence electrons. The number of aromatic nitrogens is 2. The van der Waals surface area contributed by atoms with Crippen LogP contribution in [0.25, 0.3) is 11.4 Å². The molecule has 1 aromatic carbocycles. The maximum atomic E-state index is 13.5. The summed E-state index contributed by atoms with van der Waals surface area (Å²) in [6.07, 6.45) is 4.01. The molecule has 1 aromatic heterocycles. The van der Waals surface area contributed by atoms with Crippen molar-refractivity contribution in [2.75, 3.05) is 12.4 Å². The molecule has 2 heterocycles. The first-order valence-corrected chi connectivity index (χ1v) is 8.65. The van der Waals surface area contributed by atoms with Crippen LogP contribution in [0.3, 0.4) is 0 Å². The van der Waals surface area contributed by atoms with Crippen LogP contribution in [0.1, 0.15) is 12.8 Å². The molecule has 4 rings (SSSR count). The number of hydrogen-bond donors (Lipinski definition) is 2. The number of hydrazine groups is 1. The molecule has 0 radical (unpaired) electrons. The molecule has 1 fully saturated rings. The van der Waals surface area contributed by atoms with E-state index in [1.807, 2.05) is 42.4 Å². The highest BCUT2D eigenvalue weighted by Crippen LogP contribution is 2.44. The fourth-order valence-corrected chi connectivity index (χ4v) is 3.64. The van der Waals surface area contributed by atoms with E-state index in [1.54, 1.807) is 12.3 Å². The van der Waals surface area contributed by atoms with Gasteiger partial charge in [-0.3, -0.25) is 0 Å². The summed E-state index contributed by atoms with van der Waals surface area (Å²) >= 11 is 0.310. The minimum atomic E-state index is 0.0953. The van der Waals surface area contributed by atoms with Crippen molar-refractivity contribution in [3.63, 3.8) is 0 Å². The Bertz CT molecular complexity index is 763. The van der Waals surface area contributed by atoms with E-state index in [0.717, 1.165) is 18.4 Å². The molecule has 1 aliphatic heterocycles. The second-order valence-electron chi connectivity index (χ2n) is 6.08.